The molecule has 0 saturated carbocycles. The third-order valence-corrected chi connectivity index (χ3v) is 3.00. The first kappa shape index (κ1) is 15.9. The van der Waals surface area contributed by atoms with Crippen LogP contribution in [0.2, 0.25) is 0 Å². The van der Waals surface area contributed by atoms with Crippen LogP contribution >= 0.6 is 0 Å². The zero-order valence-corrected chi connectivity index (χ0v) is 12.6. The second kappa shape index (κ2) is 8.05. The van der Waals surface area contributed by atoms with Gasteiger partial charge in [-0.05, 0) is 36.8 Å². The smallest absolute Gasteiger partial charge is 0.284 e. The van der Waals surface area contributed by atoms with Crippen LogP contribution in [0.25, 0.3) is 0 Å². The Morgan fingerprint density at radius 3 is 2.32 bits per heavy atom. The molecule has 22 heavy (non-hydrogen) atoms. The summed E-state index contributed by atoms with van der Waals surface area (Å²) in [6, 6.07) is 16.6. The highest BCUT2D eigenvalue weighted by Gasteiger charge is 2.14. The predicted molar refractivity (Wildman–Crippen MR) is 82.5 cm³/mol. The van der Waals surface area contributed by atoms with E-state index in [9.17, 15) is 4.79 Å². The van der Waals surface area contributed by atoms with Crippen molar-refractivity contribution in [3.8, 4) is 11.5 Å². The minimum absolute atomic E-state index is 0.307. The predicted octanol–water partition coefficient (Wildman–Crippen LogP) is 2.71. The lowest BCUT2D eigenvalue weighted by Crippen LogP contribution is -2.36. The first-order chi connectivity index (χ1) is 10.7. The molecular weight excluding hydrogens is 282 g/mol. The lowest BCUT2D eigenvalue weighted by atomic mass is 10.2. The Balaban J connectivity index is 1.76. The summed E-state index contributed by atoms with van der Waals surface area (Å²) in [7, 11) is 1.59. The molecule has 0 aliphatic rings. The molecule has 116 valence electrons. The fourth-order valence-corrected chi connectivity index (χ4v) is 1.76. The van der Waals surface area contributed by atoms with E-state index in [4.69, 9.17) is 14.3 Å². The second-order valence-corrected chi connectivity index (χ2v) is 4.68. The fourth-order valence-electron chi connectivity index (χ4n) is 1.76. The molecular formula is C17H19NO4. The Morgan fingerprint density at radius 1 is 1.05 bits per heavy atom. The Bertz CT molecular complexity index is 583. The molecule has 0 heterocycles. The highest BCUT2D eigenvalue weighted by molar-refractivity contribution is 5.79. The number of nitrogens with one attached hydrogen (secondary N) is 1. The number of carbonyl (C=O) groups excluding carboxylic acids is 1. The molecule has 0 bridgehead atoms. The molecule has 1 unspecified atom stereocenters. The summed E-state index contributed by atoms with van der Waals surface area (Å²) in [5.74, 6) is 0.980. The molecule has 5 heteroatoms. The number of hydroxylamine groups is 1. The summed E-state index contributed by atoms with van der Waals surface area (Å²) in [5.41, 5.74) is 3.36. The standard InChI is InChI=1S/C17H19NO4/c1-13(22-16-10-8-15(20-2)9-11-16)17(19)18-21-12-14-6-4-3-5-7-14/h3-11,13H,12H2,1-2H3,(H,18,19). The number of ether oxygens (including phenoxy) is 2. The first-order valence-corrected chi connectivity index (χ1v) is 6.95. The van der Waals surface area contributed by atoms with E-state index in [2.05, 4.69) is 5.48 Å². The van der Waals surface area contributed by atoms with Gasteiger partial charge in [-0.2, -0.15) is 0 Å². The van der Waals surface area contributed by atoms with Gasteiger partial charge in [0.25, 0.3) is 5.91 Å². The van der Waals surface area contributed by atoms with Gasteiger partial charge in [-0.3, -0.25) is 9.63 Å². The van der Waals surface area contributed by atoms with Crippen molar-refractivity contribution in [2.24, 2.45) is 0 Å². The number of carbonyl (C=O) groups is 1. The molecule has 0 radical (unpaired) electrons. The van der Waals surface area contributed by atoms with Crippen LogP contribution in [0, 0.1) is 0 Å². The molecule has 0 saturated heterocycles. The van der Waals surface area contributed by atoms with E-state index >= 15 is 0 Å². The molecule has 1 atom stereocenters. The highest BCUT2D eigenvalue weighted by Crippen LogP contribution is 2.18. The number of hydrogen-bond acceptors (Lipinski definition) is 4. The zero-order chi connectivity index (χ0) is 15.8. The van der Waals surface area contributed by atoms with Crippen molar-refractivity contribution in [3.05, 3.63) is 60.2 Å². The van der Waals surface area contributed by atoms with Crippen molar-refractivity contribution >= 4 is 5.91 Å². The Labute approximate surface area is 129 Å². The number of rotatable bonds is 7. The zero-order valence-electron chi connectivity index (χ0n) is 12.6. The highest BCUT2D eigenvalue weighted by atomic mass is 16.7. The molecule has 2 aromatic rings. The Kier molecular flexibility index (Phi) is 5.80. The summed E-state index contributed by atoms with van der Waals surface area (Å²) in [6.07, 6.45) is -0.663. The van der Waals surface area contributed by atoms with Crippen molar-refractivity contribution in [2.75, 3.05) is 7.11 Å². The lowest BCUT2D eigenvalue weighted by Gasteiger charge is -2.14. The summed E-state index contributed by atoms with van der Waals surface area (Å²) in [4.78, 5) is 17.1. The molecule has 0 aromatic heterocycles. The van der Waals surface area contributed by atoms with Gasteiger partial charge in [0.05, 0.1) is 13.7 Å². The van der Waals surface area contributed by atoms with Crippen LogP contribution in [0.5, 0.6) is 11.5 Å². The van der Waals surface area contributed by atoms with Crippen LogP contribution in [0.15, 0.2) is 54.6 Å². The third-order valence-electron chi connectivity index (χ3n) is 3.00. The molecule has 5 nitrogen and oxygen atoms in total. The van der Waals surface area contributed by atoms with Gasteiger partial charge in [-0.25, -0.2) is 5.48 Å². The van der Waals surface area contributed by atoms with Gasteiger partial charge in [-0.15, -0.1) is 0 Å². The van der Waals surface area contributed by atoms with Gasteiger partial charge in [0, 0.05) is 0 Å². The van der Waals surface area contributed by atoms with E-state index in [1.807, 2.05) is 30.3 Å². The van der Waals surface area contributed by atoms with E-state index in [-0.39, 0.29) is 5.91 Å². The Hall–Kier alpha value is -2.53. The van der Waals surface area contributed by atoms with Gasteiger partial charge in [0.2, 0.25) is 0 Å². The van der Waals surface area contributed by atoms with Gasteiger partial charge < -0.3 is 9.47 Å². The van der Waals surface area contributed by atoms with Gasteiger partial charge >= 0.3 is 0 Å². The monoisotopic (exact) mass is 301 g/mol. The molecule has 1 amide bonds. The minimum atomic E-state index is -0.663. The van der Waals surface area contributed by atoms with E-state index in [0.717, 1.165) is 11.3 Å². The summed E-state index contributed by atoms with van der Waals surface area (Å²) in [5, 5.41) is 0. The quantitative estimate of drug-likeness (QED) is 0.799. The van der Waals surface area contributed by atoms with Gasteiger partial charge in [-0.1, -0.05) is 30.3 Å². The van der Waals surface area contributed by atoms with Crippen LogP contribution in [0.1, 0.15) is 12.5 Å². The lowest BCUT2D eigenvalue weighted by molar-refractivity contribution is -0.141. The van der Waals surface area contributed by atoms with Crippen molar-refractivity contribution in [2.45, 2.75) is 19.6 Å². The summed E-state index contributed by atoms with van der Waals surface area (Å²) >= 11 is 0. The van der Waals surface area contributed by atoms with E-state index < -0.39 is 6.10 Å². The largest absolute Gasteiger partial charge is 0.497 e. The van der Waals surface area contributed by atoms with E-state index in [0.29, 0.717) is 12.4 Å². The SMILES string of the molecule is COc1ccc(OC(C)C(=O)NOCc2ccccc2)cc1. The maximum absolute atomic E-state index is 11.9. The summed E-state index contributed by atoms with van der Waals surface area (Å²) < 4.78 is 10.6. The molecule has 0 aliphatic heterocycles. The fraction of sp³-hybridized carbons (Fsp3) is 0.235. The molecule has 0 fully saturated rings. The average molecular weight is 301 g/mol. The van der Waals surface area contributed by atoms with E-state index in [1.165, 1.54) is 0 Å². The maximum atomic E-state index is 11.9. The van der Waals surface area contributed by atoms with Crippen LogP contribution in [0.3, 0.4) is 0 Å². The van der Waals surface area contributed by atoms with Crippen LogP contribution < -0.4 is 15.0 Å². The second-order valence-electron chi connectivity index (χ2n) is 4.68. The van der Waals surface area contributed by atoms with Crippen LogP contribution in [-0.2, 0) is 16.2 Å². The molecule has 0 spiro atoms. The van der Waals surface area contributed by atoms with Gasteiger partial charge in [0.1, 0.15) is 11.5 Å². The maximum Gasteiger partial charge on any atom is 0.284 e. The normalized spacial score (nSPS) is 11.5. The van der Waals surface area contributed by atoms with Crippen molar-refractivity contribution in [3.63, 3.8) is 0 Å². The number of benzene rings is 2. The van der Waals surface area contributed by atoms with Crippen LogP contribution in [-0.4, -0.2) is 19.1 Å². The van der Waals surface area contributed by atoms with Crippen molar-refractivity contribution in [1.82, 2.24) is 5.48 Å². The average Bonchev–Trinajstić information content (AvgIpc) is 2.56. The topological polar surface area (TPSA) is 56.8 Å². The molecule has 1 N–H and O–H groups in total. The third kappa shape index (κ3) is 4.79. The number of amides is 1. The summed E-state index contributed by atoms with van der Waals surface area (Å²) in [6.45, 7) is 1.97. The minimum Gasteiger partial charge on any atom is -0.497 e. The van der Waals surface area contributed by atoms with E-state index in [1.54, 1.807) is 38.3 Å². The molecule has 2 aromatic carbocycles. The van der Waals surface area contributed by atoms with Crippen molar-refractivity contribution < 1.29 is 19.1 Å². The van der Waals surface area contributed by atoms with Crippen LogP contribution in [0.4, 0.5) is 0 Å². The molecule has 2 rings (SSSR count). The number of hydrogen-bond donors (Lipinski definition) is 1. The Morgan fingerprint density at radius 2 is 1.68 bits per heavy atom. The number of methoxy groups -OCH3 is 1. The van der Waals surface area contributed by atoms with Crippen molar-refractivity contribution in [1.29, 1.82) is 0 Å². The first-order valence-electron chi connectivity index (χ1n) is 6.95. The molecule has 0 aliphatic carbocycles. The van der Waals surface area contributed by atoms with Gasteiger partial charge in [0.15, 0.2) is 6.10 Å².